The van der Waals surface area contributed by atoms with Crippen LogP contribution in [0.2, 0.25) is 0 Å². The topological polar surface area (TPSA) is 38.9 Å². The van der Waals surface area contributed by atoms with E-state index in [1.54, 1.807) is 17.5 Å². The highest BCUT2D eigenvalue weighted by atomic mass is 32.1. The van der Waals surface area contributed by atoms with Gasteiger partial charge < -0.3 is 5.73 Å². The molecule has 0 amide bonds. The van der Waals surface area contributed by atoms with Crippen LogP contribution in [0.5, 0.6) is 0 Å². The number of thiazole rings is 1. The van der Waals surface area contributed by atoms with Gasteiger partial charge in [0.05, 0.1) is 10.2 Å². The van der Waals surface area contributed by atoms with Gasteiger partial charge in [-0.2, -0.15) is 0 Å². The molecule has 2 rings (SSSR count). The second kappa shape index (κ2) is 7.74. The van der Waals surface area contributed by atoms with Crippen LogP contribution in [0.3, 0.4) is 0 Å². The molecule has 0 atom stereocenters. The van der Waals surface area contributed by atoms with Crippen molar-refractivity contribution in [3.8, 4) is 0 Å². The molecule has 2 nitrogen and oxygen atoms in total. The van der Waals surface area contributed by atoms with E-state index in [1.165, 1.54) is 4.70 Å². The molecule has 0 bridgehead atoms. The van der Waals surface area contributed by atoms with Gasteiger partial charge in [-0.3, -0.25) is 0 Å². The highest BCUT2D eigenvalue weighted by Crippen LogP contribution is 2.31. The largest absolute Gasteiger partial charge is 0.404 e. The lowest BCUT2D eigenvalue weighted by molar-refractivity contribution is 0.933. The Bertz CT molecular complexity index is 534. The molecule has 2 aromatic rings. The zero-order valence-electron chi connectivity index (χ0n) is 11.9. The quantitative estimate of drug-likeness (QED) is 0.799. The van der Waals surface area contributed by atoms with E-state index >= 15 is 0 Å². The van der Waals surface area contributed by atoms with Gasteiger partial charge >= 0.3 is 0 Å². The smallest absolute Gasteiger partial charge is 0.126 e. The van der Waals surface area contributed by atoms with Crippen LogP contribution in [0.4, 0.5) is 0 Å². The van der Waals surface area contributed by atoms with Gasteiger partial charge in [0, 0.05) is 11.8 Å². The molecule has 0 aliphatic rings. The number of nitrogens with two attached hydrogens (primary N) is 1. The van der Waals surface area contributed by atoms with Gasteiger partial charge in [-0.1, -0.05) is 45.9 Å². The number of rotatable bonds is 4. The number of hydrogen-bond donors (Lipinski definition) is 1. The van der Waals surface area contributed by atoms with Crippen LogP contribution < -0.4 is 5.73 Å². The Hall–Kier alpha value is -1.61. The second-order valence-corrected chi connectivity index (χ2v) is 4.95. The first-order valence-electron chi connectivity index (χ1n) is 6.72. The predicted molar refractivity (Wildman–Crippen MR) is 87.2 cm³/mol. The average Bonchev–Trinajstić information content (AvgIpc) is 2.85. The third-order valence-electron chi connectivity index (χ3n) is 2.62. The zero-order valence-corrected chi connectivity index (χ0v) is 12.8. The molecule has 102 valence electrons. The molecule has 19 heavy (non-hydrogen) atoms. The first-order chi connectivity index (χ1) is 9.26. The second-order valence-electron chi connectivity index (χ2n) is 3.92. The Balaban J connectivity index is 0.000000861. The summed E-state index contributed by atoms with van der Waals surface area (Å²) >= 11 is 1.66. The average molecular weight is 274 g/mol. The predicted octanol–water partition coefficient (Wildman–Crippen LogP) is 4.98. The molecule has 0 saturated heterocycles. The Morgan fingerprint density at radius 2 is 2.05 bits per heavy atom. The number of hydrogen-bond acceptors (Lipinski definition) is 3. The van der Waals surface area contributed by atoms with Gasteiger partial charge in [-0.05, 0) is 24.1 Å². The van der Waals surface area contributed by atoms with Crippen molar-refractivity contribution in [2.45, 2.75) is 33.6 Å². The van der Waals surface area contributed by atoms with Crippen LogP contribution in [0.25, 0.3) is 15.8 Å². The highest BCUT2D eigenvalue weighted by Gasteiger charge is 2.10. The van der Waals surface area contributed by atoms with Crippen molar-refractivity contribution in [2.24, 2.45) is 5.73 Å². The van der Waals surface area contributed by atoms with Gasteiger partial charge in [0.25, 0.3) is 0 Å². The van der Waals surface area contributed by atoms with Crippen molar-refractivity contribution in [3.63, 3.8) is 0 Å². The fraction of sp³-hybridized carbons (Fsp3) is 0.312. The van der Waals surface area contributed by atoms with Gasteiger partial charge in [-0.25, -0.2) is 4.98 Å². The molecule has 0 aliphatic heterocycles. The standard InChI is InChI=1S/C14H16N2S.C2H6/c1-3-6-10(2)11(9-15)14-16-12-7-4-5-8-13(12)17-14;1-2/h4-5,7-9H,2-3,6,15H2,1H3;1-2H3/b11-9-;. The Morgan fingerprint density at radius 3 is 2.63 bits per heavy atom. The third-order valence-corrected chi connectivity index (χ3v) is 3.69. The summed E-state index contributed by atoms with van der Waals surface area (Å²) in [6.45, 7) is 10.2. The molecular formula is C16H22N2S. The van der Waals surface area contributed by atoms with Crippen molar-refractivity contribution in [3.05, 3.63) is 47.6 Å². The SMILES string of the molecule is C=C(CCC)/C(=C/N)c1nc2ccccc2s1.CC. The first kappa shape index (κ1) is 15.4. The van der Waals surface area contributed by atoms with Crippen LogP contribution in [-0.2, 0) is 0 Å². The maximum absolute atomic E-state index is 5.70. The number of para-hydroxylation sites is 1. The van der Waals surface area contributed by atoms with Crippen LogP contribution >= 0.6 is 11.3 Å². The van der Waals surface area contributed by atoms with Crippen LogP contribution in [0, 0.1) is 0 Å². The Morgan fingerprint density at radius 1 is 1.37 bits per heavy atom. The Kier molecular flexibility index (Phi) is 6.30. The van der Waals surface area contributed by atoms with E-state index in [9.17, 15) is 0 Å². The maximum atomic E-state index is 5.70. The van der Waals surface area contributed by atoms with E-state index in [0.29, 0.717) is 0 Å². The lowest BCUT2D eigenvalue weighted by atomic mass is 10.1. The summed E-state index contributed by atoms with van der Waals surface area (Å²) in [5.74, 6) is 0. The number of nitrogens with zero attached hydrogens (tertiary/aromatic N) is 1. The number of allylic oxidation sites excluding steroid dienone is 2. The molecule has 0 fully saturated rings. The van der Waals surface area contributed by atoms with Crippen molar-refractivity contribution >= 4 is 27.1 Å². The fourth-order valence-corrected chi connectivity index (χ4v) is 2.80. The number of benzene rings is 1. The van der Waals surface area contributed by atoms with Crippen molar-refractivity contribution in [1.82, 2.24) is 4.98 Å². The van der Waals surface area contributed by atoms with Crippen molar-refractivity contribution < 1.29 is 0 Å². The minimum Gasteiger partial charge on any atom is -0.404 e. The van der Waals surface area contributed by atoms with Crippen LogP contribution in [-0.4, -0.2) is 4.98 Å². The van der Waals surface area contributed by atoms with E-state index in [2.05, 4.69) is 24.6 Å². The zero-order chi connectivity index (χ0) is 14.3. The van der Waals surface area contributed by atoms with Gasteiger partial charge in [-0.15, -0.1) is 11.3 Å². The molecular weight excluding hydrogens is 252 g/mol. The van der Waals surface area contributed by atoms with Crippen LogP contribution in [0.15, 0.2) is 42.6 Å². The summed E-state index contributed by atoms with van der Waals surface area (Å²) in [5, 5.41) is 0.965. The summed E-state index contributed by atoms with van der Waals surface area (Å²) in [5.41, 5.74) is 8.77. The summed E-state index contributed by atoms with van der Waals surface area (Å²) < 4.78 is 1.19. The van der Waals surface area contributed by atoms with E-state index in [1.807, 2.05) is 32.0 Å². The van der Waals surface area contributed by atoms with Crippen LogP contribution in [0.1, 0.15) is 38.6 Å². The number of fused-ring (bicyclic) bond motifs is 1. The molecule has 0 saturated carbocycles. The van der Waals surface area contributed by atoms with E-state index in [-0.39, 0.29) is 0 Å². The molecule has 0 spiro atoms. The van der Waals surface area contributed by atoms with Gasteiger partial charge in [0.15, 0.2) is 0 Å². The minimum atomic E-state index is 0.957. The summed E-state index contributed by atoms with van der Waals surface area (Å²) in [7, 11) is 0. The lowest BCUT2D eigenvalue weighted by Crippen LogP contribution is -1.92. The maximum Gasteiger partial charge on any atom is 0.126 e. The molecule has 1 heterocycles. The molecule has 0 aliphatic carbocycles. The Labute approximate surface area is 119 Å². The summed E-state index contributed by atoms with van der Waals surface area (Å²) in [6.07, 6.45) is 3.65. The molecule has 0 radical (unpaired) electrons. The van der Waals surface area contributed by atoms with Crippen molar-refractivity contribution in [1.29, 1.82) is 0 Å². The van der Waals surface area contributed by atoms with E-state index in [4.69, 9.17) is 5.73 Å². The van der Waals surface area contributed by atoms with Gasteiger partial charge in [0.2, 0.25) is 0 Å². The van der Waals surface area contributed by atoms with Gasteiger partial charge in [0.1, 0.15) is 5.01 Å². The molecule has 1 aromatic carbocycles. The molecule has 2 N–H and O–H groups in total. The summed E-state index contributed by atoms with van der Waals surface area (Å²) in [4.78, 5) is 4.60. The molecule has 0 unspecified atom stereocenters. The molecule has 1 aromatic heterocycles. The monoisotopic (exact) mass is 274 g/mol. The first-order valence-corrected chi connectivity index (χ1v) is 7.54. The highest BCUT2D eigenvalue weighted by molar-refractivity contribution is 7.19. The molecule has 3 heteroatoms. The third kappa shape index (κ3) is 3.67. The fourth-order valence-electron chi connectivity index (χ4n) is 1.76. The van der Waals surface area contributed by atoms with E-state index in [0.717, 1.165) is 34.5 Å². The normalized spacial score (nSPS) is 11.0. The summed E-state index contributed by atoms with van der Waals surface area (Å²) in [6, 6.07) is 8.12. The minimum absolute atomic E-state index is 0.957. The number of aromatic nitrogens is 1. The lowest BCUT2D eigenvalue weighted by Gasteiger charge is -2.05. The van der Waals surface area contributed by atoms with Crippen molar-refractivity contribution in [2.75, 3.05) is 0 Å². The van der Waals surface area contributed by atoms with E-state index < -0.39 is 0 Å².